The van der Waals surface area contributed by atoms with E-state index in [2.05, 4.69) is 10.2 Å². The monoisotopic (exact) mass is 394 g/mol. The van der Waals surface area contributed by atoms with Gasteiger partial charge in [-0.3, -0.25) is 4.79 Å². The van der Waals surface area contributed by atoms with E-state index in [4.69, 9.17) is 32.7 Å². The number of anilines is 2. The number of hydrogen-bond acceptors (Lipinski definition) is 4. The zero-order chi connectivity index (χ0) is 18.5. The zero-order valence-electron chi connectivity index (χ0n) is 14.4. The van der Waals surface area contributed by atoms with E-state index in [1.54, 1.807) is 18.2 Å². The van der Waals surface area contributed by atoms with Crippen molar-refractivity contribution in [1.82, 2.24) is 0 Å². The van der Waals surface area contributed by atoms with E-state index in [0.717, 1.165) is 24.3 Å². The van der Waals surface area contributed by atoms with Crippen LogP contribution in [0.5, 0.6) is 5.75 Å². The number of ether oxygens (including phenoxy) is 2. The van der Waals surface area contributed by atoms with Gasteiger partial charge in [0.15, 0.2) is 6.61 Å². The van der Waals surface area contributed by atoms with Gasteiger partial charge in [0, 0.05) is 18.1 Å². The molecular weight excluding hydrogens is 375 g/mol. The minimum atomic E-state index is -0.278. The summed E-state index contributed by atoms with van der Waals surface area (Å²) in [6.45, 7) is 4.64. The quantitative estimate of drug-likeness (QED) is 0.826. The number of carbonyl (C=O) groups is 1. The molecule has 0 spiro atoms. The van der Waals surface area contributed by atoms with Gasteiger partial charge in [-0.1, -0.05) is 29.3 Å². The SMILES string of the molecule is Cc1ccc(Cl)c(OCC(=O)Nc2cc(Cl)ccc2N2CCOCC2)c1. The third-order valence-electron chi connectivity index (χ3n) is 4.03. The Kier molecular flexibility index (Phi) is 6.25. The molecule has 1 heterocycles. The van der Waals surface area contributed by atoms with Gasteiger partial charge >= 0.3 is 0 Å². The second-order valence-corrected chi connectivity index (χ2v) is 6.88. The van der Waals surface area contributed by atoms with Crippen molar-refractivity contribution in [2.75, 3.05) is 43.1 Å². The second-order valence-electron chi connectivity index (χ2n) is 6.03. The molecule has 1 N–H and O–H groups in total. The molecule has 0 atom stereocenters. The molecule has 0 aliphatic carbocycles. The Morgan fingerprint density at radius 2 is 1.96 bits per heavy atom. The third kappa shape index (κ3) is 4.81. The molecule has 1 saturated heterocycles. The number of morpholine rings is 1. The molecule has 26 heavy (non-hydrogen) atoms. The van der Waals surface area contributed by atoms with Crippen LogP contribution in [0.3, 0.4) is 0 Å². The first-order valence-electron chi connectivity index (χ1n) is 8.34. The van der Waals surface area contributed by atoms with E-state index >= 15 is 0 Å². The number of carbonyl (C=O) groups excluding carboxylic acids is 1. The van der Waals surface area contributed by atoms with Crippen molar-refractivity contribution in [3.63, 3.8) is 0 Å². The maximum absolute atomic E-state index is 12.4. The highest BCUT2D eigenvalue weighted by atomic mass is 35.5. The van der Waals surface area contributed by atoms with Crippen molar-refractivity contribution >= 4 is 40.5 Å². The summed E-state index contributed by atoms with van der Waals surface area (Å²) < 4.78 is 10.9. The van der Waals surface area contributed by atoms with Crippen molar-refractivity contribution < 1.29 is 14.3 Å². The Balaban J connectivity index is 1.68. The van der Waals surface area contributed by atoms with Gasteiger partial charge in [-0.15, -0.1) is 0 Å². The lowest BCUT2D eigenvalue weighted by Gasteiger charge is -2.30. The minimum absolute atomic E-state index is 0.141. The summed E-state index contributed by atoms with van der Waals surface area (Å²) in [6.07, 6.45) is 0. The van der Waals surface area contributed by atoms with Gasteiger partial charge < -0.3 is 19.7 Å². The lowest BCUT2D eigenvalue weighted by Crippen LogP contribution is -2.37. The van der Waals surface area contributed by atoms with Crippen LogP contribution in [0, 0.1) is 6.92 Å². The maximum atomic E-state index is 12.4. The Labute approximate surface area is 162 Å². The molecule has 0 unspecified atom stereocenters. The van der Waals surface area contributed by atoms with Crippen molar-refractivity contribution in [1.29, 1.82) is 0 Å². The molecule has 7 heteroatoms. The minimum Gasteiger partial charge on any atom is -0.482 e. The number of nitrogens with one attached hydrogen (secondary N) is 1. The van der Waals surface area contributed by atoms with E-state index < -0.39 is 0 Å². The van der Waals surface area contributed by atoms with Gasteiger partial charge in [-0.25, -0.2) is 0 Å². The largest absolute Gasteiger partial charge is 0.482 e. The van der Waals surface area contributed by atoms with Gasteiger partial charge in [-0.2, -0.15) is 0 Å². The van der Waals surface area contributed by atoms with Crippen LogP contribution in [0.4, 0.5) is 11.4 Å². The molecule has 2 aromatic rings. The van der Waals surface area contributed by atoms with Crippen molar-refractivity contribution in [3.05, 3.63) is 52.0 Å². The Bertz CT molecular complexity index is 792. The van der Waals surface area contributed by atoms with E-state index in [1.165, 1.54) is 0 Å². The standard InChI is InChI=1S/C19H20Cl2N2O3/c1-13-2-4-15(21)18(10-13)26-12-19(24)22-16-11-14(20)3-5-17(16)23-6-8-25-9-7-23/h2-5,10-11H,6-9,12H2,1H3,(H,22,24). The molecule has 5 nitrogen and oxygen atoms in total. The van der Waals surface area contributed by atoms with Crippen molar-refractivity contribution in [2.45, 2.75) is 6.92 Å². The van der Waals surface area contributed by atoms with Crippen molar-refractivity contribution in [2.24, 2.45) is 0 Å². The van der Waals surface area contributed by atoms with Crippen molar-refractivity contribution in [3.8, 4) is 5.75 Å². The molecule has 0 saturated carbocycles. The second kappa shape index (κ2) is 8.62. The fourth-order valence-electron chi connectivity index (χ4n) is 2.74. The van der Waals surface area contributed by atoms with E-state index in [9.17, 15) is 4.79 Å². The normalized spacial score (nSPS) is 14.2. The number of rotatable bonds is 5. The number of hydrogen-bond donors (Lipinski definition) is 1. The van der Waals surface area contributed by atoms with Crippen LogP contribution in [-0.2, 0) is 9.53 Å². The summed E-state index contributed by atoms with van der Waals surface area (Å²) in [6, 6.07) is 10.9. The summed E-state index contributed by atoms with van der Waals surface area (Å²) in [7, 11) is 0. The van der Waals surface area contributed by atoms with Gasteiger partial charge in [0.1, 0.15) is 5.75 Å². The lowest BCUT2D eigenvalue weighted by molar-refractivity contribution is -0.118. The van der Waals surface area contributed by atoms with Gasteiger partial charge in [0.2, 0.25) is 0 Å². The first-order chi connectivity index (χ1) is 12.5. The summed E-state index contributed by atoms with van der Waals surface area (Å²) >= 11 is 12.2. The Morgan fingerprint density at radius 1 is 1.19 bits per heavy atom. The van der Waals surface area contributed by atoms with Gasteiger partial charge in [0.25, 0.3) is 5.91 Å². The summed E-state index contributed by atoms with van der Waals surface area (Å²) in [4.78, 5) is 14.5. The predicted molar refractivity (Wildman–Crippen MR) is 105 cm³/mol. The van der Waals surface area contributed by atoms with E-state index in [0.29, 0.717) is 34.7 Å². The van der Waals surface area contributed by atoms with Crippen LogP contribution in [0.25, 0.3) is 0 Å². The number of amides is 1. The molecule has 2 aromatic carbocycles. The Hall–Kier alpha value is -1.95. The average Bonchev–Trinajstić information content (AvgIpc) is 2.63. The first kappa shape index (κ1) is 18.8. The summed E-state index contributed by atoms with van der Waals surface area (Å²) in [5, 5.41) is 3.91. The first-order valence-corrected chi connectivity index (χ1v) is 9.09. The molecular formula is C19H20Cl2N2O3. The topological polar surface area (TPSA) is 50.8 Å². The van der Waals surface area contributed by atoms with E-state index in [1.807, 2.05) is 25.1 Å². The molecule has 1 aliphatic rings. The third-order valence-corrected chi connectivity index (χ3v) is 4.58. The van der Waals surface area contributed by atoms with Crippen LogP contribution < -0.4 is 15.0 Å². The summed E-state index contributed by atoms with van der Waals surface area (Å²) in [5.74, 6) is 0.209. The van der Waals surface area contributed by atoms with E-state index in [-0.39, 0.29) is 12.5 Å². The predicted octanol–water partition coefficient (Wildman–Crippen LogP) is 4.16. The average molecular weight is 395 g/mol. The Morgan fingerprint density at radius 3 is 2.73 bits per heavy atom. The number of halogens is 2. The summed E-state index contributed by atoms with van der Waals surface area (Å²) in [5.41, 5.74) is 2.58. The highest BCUT2D eigenvalue weighted by Crippen LogP contribution is 2.30. The highest BCUT2D eigenvalue weighted by Gasteiger charge is 2.17. The zero-order valence-corrected chi connectivity index (χ0v) is 15.9. The highest BCUT2D eigenvalue weighted by molar-refractivity contribution is 6.32. The van der Waals surface area contributed by atoms with Crippen LogP contribution in [-0.4, -0.2) is 38.8 Å². The number of aryl methyl sites for hydroxylation is 1. The van der Waals surface area contributed by atoms with Crippen LogP contribution in [0.15, 0.2) is 36.4 Å². The molecule has 3 rings (SSSR count). The molecule has 0 radical (unpaired) electrons. The molecule has 1 aliphatic heterocycles. The fraction of sp³-hybridized carbons (Fsp3) is 0.316. The van der Waals surface area contributed by atoms with Gasteiger partial charge in [-0.05, 0) is 42.8 Å². The molecule has 0 aromatic heterocycles. The molecule has 0 bridgehead atoms. The smallest absolute Gasteiger partial charge is 0.262 e. The van der Waals surface area contributed by atoms with Gasteiger partial charge in [0.05, 0.1) is 29.6 Å². The maximum Gasteiger partial charge on any atom is 0.262 e. The molecule has 1 amide bonds. The van der Waals surface area contributed by atoms with Crippen LogP contribution in [0.1, 0.15) is 5.56 Å². The van der Waals surface area contributed by atoms with Crippen LogP contribution in [0.2, 0.25) is 10.0 Å². The molecule has 1 fully saturated rings. The van der Waals surface area contributed by atoms with Crippen LogP contribution >= 0.6 is 23.2 Å². The number of benzene rings is 2. The molecule has 138 valence electrons. The fourth-order valence-corrected chi connectivity index (χ4v) is 3.08. The number of nitrogens with zero attached hydrogens (tertiary/aromatic N) is 1. The lowest BCUT2D eigenvalue weighted by atomic mass is 10.2.